The molecular weight excluding hydrogens is 977 g/mol. The van der Waals surface area contributed by atoms with Crippen LogP contribution < -0.4 is 21.2 Å². The predicted octanol–water partition coefficient (Wildman–Crippen LogP) is 10.5. The molecule has 1 aliphatic heterocycles. The molecule has 312 valence electrons. The SMILES string of the molecule is C(=C/[PH+](c1ccccc1)c1ccccc1)/[PH+](c1ccccc1)c1ccccc1.Cc1ccnc(-c2cc(CCCC3OCCO3)ccn2)c1.[Os].c1ccc(-c2ccccn2)nc1. The number of hydrogen-bond donors (Lipinski definition) is 0. The van der Waals surface area contributed by atoms with E-state index in [0.717, 1.165) is 55.3 Å². The fourth-order valence-corrected chi connectivity index (χ4v) is 11.9. The van der Waals surface area contributed by atoms with Gasteiger partial charge in [0.15, 0.2) is 6.29 Å². The fraction of sp³-hybridized carbons (Fsp3) is 0.132. The molecule has 0 radical (unpaired) electrons. The Morgan fingerprint density at radius 2 is 0.871 bits per heavy atom. The third-order valence-electron chi connectivity index (χ3n) is 9.95. The molecule has 0 amide bonds. The normalized spacial score (nSPS) is 12.2. The minimum absolute atomic E-state index is 0. The van der Waals surface area contributed by atoms with Crippen molar-refractivity contribution < 1.29 is 29.3 Å². The third kappa shape index (κ3) is 14.4. The monoisotopic (exact) mass is 1030 g/mol. The van der Waals surface area contributed by atoms with E-state index in [2.05, 4.69) is 178 Å². The minimum Gasteiger partial charge on any atom is -0.350 e. The van der Waals surface area contributed by atoms with Crippen LogP contribution in [-0.2, 0) is 35.7 Å². The van der Waals surface area contributed by atoms with Crippen molar-refractivity contribution in [2.45, 2.75) is 32.5 Å². The van der Waals surface area contributed by atoms with Crippen LogP contribution in [0.1, 0.15) is 24.0 Å². The molecular formula is C53H52N4O2OsP2+2. The minimum atomic E-state index is -0.964. The summed E-state index contributed by atoms with van der Waals surface area (Å²) in [5.41, 5.74) is 6.17. The summed E-state index contributed by atoms with van der Waals surface area (Å²) in [7, 11) is -1.93. The first-order valence-electron chi connectivity index (χ1n) is 20.8. The van der Waals surface area contributed by atoms with Gasteiger partial charge in [0.2, 0.25) is 0 Å². The predicted molar refractivity (Wildman–Crippen MR) is 258 cm³/mol. The van der Waals surface area contributed by atoms with Crippen molar-refractivity contribution in [3.63, 3.8) is 0 Å². The second kappa shape index (κ2) is 25.5. The molecule has 4 aromatic carbocycles. The third-order valence-corrected chi connectivity index (χ3v) is 15.1. The molecule has 0 unspecified atom stereocenters. The topological polar surface area (TPSA) is 70.0 Å². The van der Waals surface area contributed by atoms with Gasteiger partial charge in [-0.3, -0.25) is 19.9 Å². The van der Waals surface area contributed by atoms with Crippen LogP contribution >= 0.6 is 15.8 Å². The van der Waals surface area contributed by atoms with Crippen molar-refractivity contribution in [1.29, 1.82) is 0 Å². The summed E-state index contributed by atoms with van der Waals surface area (Å²) < 4.78 is 10.9. The number of aromatic nitrogens is 4. The smallest absolute Gasteiger partial charge is 0.157 e. The van der Waals surface area contributed by atoms with Crippen molar-refractivity contribution in [3.05, 3.63) is 230 Å². The Hall–Kier alpha value is -5.36. The molecule has 1 aliphatic rings. The quantitative estimate of drug-likeness (QED) is 0.114. The first-order valence-corrected chi connectivity index (χ1v) is 23.9. The Morgan fingerprint density at radius 1 is 0.468 bits per heavy atom. The van der Waals surface area contributed by atoms with E-state index in [1.54, 1.807) is 12.4 Å². The molecule has 62 heavy (non-hydrogen) atoms. The number of rotatable bonds is 12. The summed E-state index contributed by atoms with van der Waals surface area (Å²) >= 11 is 0. The van der Waals surface area contributed by atoms with Crippen molar-refractivity contribution in [2.75, 3.05) is 13.2 Å². The van der Waals surface area contributed by atoms with Crippen LogP contribution in [0.2, 0.25) is 0 Å². The maximum absolute atomic E-state index is 5.45. The van der Waals surface area contributed by atoms with Gasteiger partial charge < -0.3 is 9.47 Å². The first kappa shape index (κ1) is 46.1. The molecule has 8 aromatic rings. The molecule has 0 aliphatic carbocycles. The van der Waals surface area contributed by atoms with E-state index in [9.17, 15) is 0 Å². The maximum atomic E-state index is 5.45. The summed E-state index contributed by atoms with van der Waals surface area (Å²) in [5, 5.41) is 5.71. The van der Waals surface area contributed by atoms with E-state index in [1.165, 1.54) is 32.3 Å². The molecule has 6 nitrogen and oxygen atoms in total. The number of benzene rings is 4. The standard InChI is InChI=1S/C26H22P2.C17H20N2O2.C10H8N2.Os/c1-5-13-23(14-6-1)27(24-15-7-2-8-16-24)21-22-28(25-17-9-3-10-18-25)26-19-11-4-12-20-26;1-13-5-7-18-15(11-13)16-12-14(6-8-19-16)3-2-4-17-20-9-10-21-17;1-3-7-11-9(5-1)10-6-2-4-8-12-10;/h1-22H;5-8,11-12,17H,2-4,9-10H2,1H3;1-8H;/p+2/b22-21-;;;. The Kier molecular flexibility index (Phi) is 19.0. The average molecular weight is 1030 g/mol. The Labute approximate surface area is 382 Å². The number of aryl methyl sites for hydroxylation is 2. The Morgan fingerprint density at radius 3 is 1.29 bits per heavy atom. The van der Waals surface area contributed by atoms with Crippen molar-refractivity contribution >= 4 is 37.1 Å². The summed E-state index contributed by atoms with van der Waals surface area (Å²) in [4.78, 5) is 17.2. The zero-order valence-corrected chi connectivity index (χ0v) is 39.4. The fourth-order valence-electron chi connectivity index (χ4n) is 6.88. The van der Waals surface area contributed by atoms with Gasteiger partial charge in [-0.15, -0.1) is 0 Å². The summed E-state index contributed by atoms with van der Waals surface area (Å²) in [5.74, 6) is 5.01. The van der Waals surface area contributed by atoms with E-state index in [4.69, 9.17) is 9.47 Å². The molecule has 1 fully saturated rings. The number of hydrogen-bond acceptors (Lipinski definition) is 6. The van der Waals surface area contributed by atoms with Crippen LogP contribution in [0, 0.1) is 6.92 Å². The van der Waals surface area contributed by atoms with Gasteiger partial charge in [-0.05, 0) is 134 Å². The summed E-state index contributed by atoms with van der Waals surface area (Å²) in [6.07, 6.45) is 10.2. The van der Waals surface area contributed by atoms with Gasteiger partial charge in [-0.1, -0.05) is 84.9 Å². The average Bonchev–Trinajstić information content (AvgIpc) is 3.86. The van der Waals surface area contributed by atoms with E-state index in [0.29, 0.717) is 0 Å². The van der Waals surface area contributed by atoms with Crippen LogP contribution in [0.3, 0.4) is 0 Å². The van der Waals surface area contributed by atoms with Gasteiger partial charge in [0, 0.05) is 44.6 Å². The zero-order chi connectivity index (χ0) is 41.7. The Balaban J connectivity index is 0.000000166. The van der Waals surface area contributed by atoms with E-state index < -0.39 is 15.8 Å². The number of ether oxygens (including phenoxy) is 2. The zero-order valence-electron chi connectivity index (χ0n) is 34.9. The molecule has 0 atom stereocenters. The molecule has 0 saturated carbocycles. The van der Waals surface area contributed by atoms with Gasteiger partial charge in [-0.2, -0.15) is 0 Å². The second-order valence-corrected chi connectivity index (χ2v) is 19.0. The molecule has 5 heterocycles. The first-order chi connectivity index (χ1) is 30.2. The van der Waals surface area contributed by atoms with Crippen molar-refractivity contribution in [2.24, 2.45) is 0 Å². The molecule has 9 heteroatoms. The molecule has 1 saturated heterocycles. The summed E-state index contributed by atoms with van der Waals surface area (Å²) in [6, 6.07) is 63.6. The maximum Gasteiger partial charge on any atom is 0.157 e. The molecule has 0 N–H and O–H groups in total. The van der Waals surface area contributed by atoms with Crippen LogP contribution in [0.15, 0.2) is 218 Å². The van der Waals surface area contributed by atoms with Crippen LogP contribution in [-0.4, -0.2) is 39.4 Å². The Bertz CT molecular complexity index is 2280. The van der Waals surface area contributed by atoms with Crippen LogP contribution in [0.25, 0.3) is 22.8 Å². The van der Waals surface area contributed by atoms with Crippen LogP contribution in [0.4, 0.5) is 0 Å². The van der Waals surface area contributed by atoms with Crippen LogP contribution in [0.5, 0.6) is 0 Å². The van der Waals surface area contributed by atoms with Gasteiger partial charge >= 0.3 is 0 Å². The van der Waals surface area contributed by atoms with E-state index in [1.807, 2.05) is 54.9 Å². The van der Waals surface area contributed by atoms with Gasteiger partial charge in [-0.25, -0.2) is 0 Å². The van der Waals surface area contributed by atoms with Gasteiger partial charge in [0.1, 0.15) is 32.9 Å². The summed E-state index contributed by atoms with van der Waals surface area (Å²) in [6.45, 7) is 3.52. The molecule has 9 rings (SSSR count). The molecule has 0 bridgehead atoms. The number of pyridine rings is 4. The van der Waals surface area contributed by atoms with Gasteiger partial charge in [0.05, 0.1) is 51.8 Å². The van der Waals surface area contributed by atoms with E-state index in [-0.39, 0.29) is 26.1 Å². The van der Waals surface area contributed by atoms with E-state index >= 15 is 0 Å². The molecule has 4 aromatic heterocycles. The molecule has 0 spiro atoms. The van der Waals surface area contributed by atoms with Crippen molar-refractivity contribution in [3.8, 4) is 22.8 Å². The second-order valence-electron chi connectivity index (χ2n) is 14.4. The van der Waals surface area contributed by atoms with Crippen molar-refractivity contribution in [1.82, 2.24) is 19.9 Å². The van der Waals surface area contributed by atoms with Gasteiger partial charge in [0.25, 0.3) is 0 Å². The largest absolute Gasteiger partial charge is 0.350 e. The number of nitrogens with zero attached hydrogens (tertiary/aromatic N) is 4.